The standard InChI is InChI=1S/C32H23NO5S/c1-21-16-18-24(19-17-21)39(37,38)33-28-20-27(32(36)26-15-9-8-14-25(26)28)29(30(34)22-10-4-2-5-11-22)31(35)23-12-6-3-7-13-23/h2-20,29H,1H3/b33-28-. The topological polar surface area (TPSA) is 97.7 Å². The van der Waals surface area contributed by atoms with Crippen molar-refractivity contribution in [2.75, 3.05) is 0 Å². The van der Waals surface area contributed by atoms with Crippen molar-refractivity contribution >= 4 is 33.1 Å². The Morgan fingerprint density at radius 1 is 0.667 bits per heavy atom. The molecule has 192 valence electrons. The van der Waals surface area contributed by atoms with Gasteiger partial charge < -0.3 is 0 Å². The van der Waals surface area contributed by atoms with Crippen molar-refractivity contribution in [1.29, 1.82) is 0 Å². The molecule has 0 N–H and O–H groups in total. The minimum absolute atomic E-state index is 0.0118. The van der Waals surface area contributed by atoms with Gasteiger partial charge >= 0.3 is 0 Å². The maximum Gasteiger partial charge on any atom is 0.282 e. The van der Waals surface area contributed by atoms with Crippen molar-refractivity contribution in [3.05, 3.63) is 149 Å². The molecule has 0 amide bonds. The summed E-state index contributed by atoms with van der Waals surface area (Å²) in [5.74, 6) is -3.16. The summed E-state index contributed by atoms with van der Waals surface area (Å²) in [4.78, 5) is 41.3. The van der Waals surface area contributed by atoms with Crippen LogP contribution in [0.4, 0.5) is 0 Å². The van der Waals surface area contributed by atoms with Crippen LogP contribution in [0.3, 0.4) is 0 Å². The molecule has 0 saturated carbocycles. The van der Waals surface area contributed by atoms with Gasteiger partial charge in [0.2, 0.25) is 0 Å². The van der Waals surface area contributed by atoms with Crippen LogP contribution >= 0.6 is 0 Å². The van der Waals surface area contributed by atoms with Crippen LogP contribution < -0.4 is 0 Å². The molecule has 0 atom stereocenters. The molecular weight excluding hydrogens is 510 g/mol. The quantitative estimate of drug-likeness (QED) is 0.225. The predicted molar refractivity (Wildman–Crippen MR) is 149 cm³/mol. The average Bonchev–Trinajstić information content (AvgIpc) is 2.96. The van der Waals surface area contributed by atoms with E-state index >= 15 is 0 Å². The summed E-state index contributed by atoms with van der Waals surface area (Å²) in [5.41, 5.74) is 1.72. The lowest BCUT2D eigenvalue weighted by Gasteiger charge is -2.23. The first kappa shape index (κ1) is 25.9. The average molecular weight is 534 g/mol. The number of carbonyl (C=O) groups excluding carboxylic acids is 3. The summed E-state index contributed by atoms with van der Waals surface area (Å²) < 4.78 is 30.6. The molecule has 0 spiro atoms. The molecule has 0 unspecified atom stereocenters. The van der Waals surface area contributed by atoms with Gasteiger partial charge in [0.25, 0.3) is 10.0 Å². The number of allylic oxidation sites excluding steroid dienone is 2. The normalized spacial score (nSPS) is 14.2. The smallest absolute Gasteiger partial charge is 0.282 e. The van der Waals surface area contributed by atoms with Crippen LogP contribution in [-0.2, 0) is 10.0 Å². The molecule has 0 aliphatic heterocycles. The van der Waals surface area contributed by atoms with E-state index in [1.165, 1.54) is 24.3 Å². The van der Waals surface area contributed by atoms with Crippen molar-refractivity contribution in [3.63, 3.8) is 0 Å². The van der Waals surface area contributed by atoms with Crippen LogP contribution in [0.2, 0.25) is 0 Å². The largest absolute Gasteiger partial charge is 0.293 e. The van der Waals surface area contributed by atoms with Gasteiger partial charge in [0.05, 0.1) is 10.6 Å². The van der Waals surface area contributed by atoms with Gasteiger partial charge in [0.1, 0.15) is 5.92 Å². The molecule has 0 radical (unpaired) electrons. The van der Waals surface area contributed by atoms with Crippen LogP contribution in [-0.4, -0.2) is 31.5 Å². The number of Topliss-reactive ketones (excluding diaryl/α,β-unsaturated/α-hetero) is 3. The number of aryl methyl sites for hydroxylation is 1. The van der Waals surface area contributed by atoms with Gasteiger partial charge in [-0.15, -0.1) is 0 Å². The Balaban J connectivity index is 1.71. The summed E-state index contributed by atoms with van der Waals surface area (Å²) in [6.45, 7) is 1.84. The van der Waals surface area contributed by atoms with E-state index in [9.17, 15) is 22.8 Å². The van der Waals surface area contributed by atoms with Crippen LogP contribution in [0.25, 0.3) is 0 Å². The van der Waals surface area contributed by atoms with Crippen LogP contribution in [0.15, 0.2) is 130 Å². The molecule has 1 aliphatic rings. The minimum atomic E-state index is -4.17. The molecule has 1 aliphatic carbocycles. The van der Waals surface area contributed by atoms with Crippen LogP contribution in [0, 0.1) is 12.8 Å². The highest BCUT2D eigenvalue weighted by Gasteiger charge is 2.39. The van der Waals surface area contributed by atoms with Gasteiger partial charge in [-0.1, -0.05) is 103 Å². The van der Waals surface area contributed by atoms with Gasteiger partial charge in [-0.05, 0) is 25.1 Å². The summed E-state index contributed by atoms with van der Waals surface area (Å²) >= 11 is 0. The number of nitrogens with zero attached hydrogens (tertiary/aromatic N) is 1. The number of fused-ring (bicyclic) bond motifs is 1. The van der Waals surface area contributed by atoms with Crippen molar-refractivity contribution in [3.8, 4) is 0 Å². The van der Waals surface area contributed by atoms with E-state index in [4.69, 9.17) is 0 Å². The maximum atomic E-state index is 13.8. The monoisotopic (exact) mass is 533 g/mol. The molecule has 0 aromatic heterocycles. The van der Waals surface area contributed by atoms with Crippen molar-refractivity contribution < 1.29 is 22.8 Å². The summed E-state index contributed by atoms with van der Waals surface area (Å²) in [6.07, 6.45) is 1.27. The highest BCUT2D eigenvalue weighted by atomic mass is 32.2. The van der Waals surface area contributed by atoms with E-state index in [0.717, 1.165) is 5.56 Å². The van der Waals surface area contributed by atoms with E-state index in [2.05, 4.69) is 4.40 Å². The fraction of sp³-hybridized carbons (Fsp3) is 0.0625. The van der Waals surface area contributed by atoms with Crippen molar-refractivity contribution in [2.45, 2.75) is 11.8 Å². The Labute approximate surface area is 226 Å². The Morgan fingerprint density at radius 2 is 1.15 bits per heavy atom. The molecule has 6 nitrogen and oxygen atoms in total. The Morgan fingerprint density at radius 3 is 1.69 bits per heavy atom. The fourth-order valence-electron chi connectivity index (χ4n) is 4.47. The first-order valence-corrected chi connectivity index (χ1v) is 13.7. The predicted octanol–water partition coefficient (Wildman–Crippen LogP) is 5.68. The molecule has 39 heavy (non-hydrogen) atoms. The van der Waals surface area contributed by atoms with Gasteiger partial charge in [0.15, 0.2) is 17.3 Å². The minimum Gasteiger partial charge on any atom is -0.293 e. The Kier molecular flexibility index (Phi) is 7.00. The summed E-state index contributed by atoms with van der Waals surface area (Å²) in [6, 6.07) is 29.2. The number of carbonyl (C=O) groups is 3. The van der Waals surface area contributed by atoms with Crippen molar-refractivity contribution in [2.24, 2.45) is 10.3 Å². The molecule has 4 aromatic rings. The third-order valence-electron chi connectivity index (χ3n) is 6.49. The molecule has 0 fully saturated rings. The SMILES string of the molecule is Cc1ccc(S(=O)(=O)/N=C2/C=C(C(C(=O)c3ccccc3)C(=O)c3ccccc3)C(=O)c3ccccc32)cc1. The number of sulfonamides is 1. The first-order valence-electron chi connectivity index (χ1n) is 12.2. The van der Waals surface area contributed by atoms with Crippen LogP contribution in [0.5, 0.6) is 0 Å². The van der Waals surface area contributed by atoms with E-state index in [1.54, 1.807) is 91.0 Å². The van der Waals surface area contributed by atoms with Crippen LogP contribution in [0.1, 0.15) is 42.2 Å². The van der Waals surface area contributed by atoms with Gasteiger partial charge in [-0.25, -0.2) is 0 Å². The van der Waals surface area contributed by atoms with E-state index in [1.807, 2.05) is 6.92 Å². The maximum absolute atomic E-state index is 13.8. The molecule has 0 heterocycles. The van der Waals surface area contributed by atoms with E-state index in [-0.39, 0.29) is 32.9 Å². The molecule has 0 saturated heterocycles. The Bertz CT molecular complexity index is 1700. The molecule has 7 heteroatoms. The zero-order chi connectivity index (χ0) is 27.6. The van der Waals surface area contributed by atoms with E-state index in [0.29, 0.717) is 5.56 Å². The second kappa shape index (κ2) is 10.6. The number of hydrogen-bond acceptors (Lipinski definition) is 5. The molecular formula is C32H23NO5S. The number of hydrogen-bond donors (Lipinski definition) is 0. The van der Waals surface area contributed by atoms with Gasteiger partial charge in [0, 0.05) is 27.8 Å². The summed E-state index contributed by atoms with van der Waals surface area (Å²) in [7, 11) is -4.17. The van der Waals surface area contributed by atoms with E-state index < -0.39 is 33.3 Å². The van der Waals surface area contributed by atoms with Gasteiger partial charge in [-0.3, -0.25) is 14.4 Å². The van der Waals surface area contributed by atoms with Crippen molar-refractivity contribution in [1.82, 2.24) is 0 Å². The highest BCUT2D eigenvalue weighted by molar-refractivity contribution is 7.90. The lowest BCUT2D eigenvalue weighted by Crippen LogP contribution is -2.33. The second-order valence-corrected chi connectivity index (χ2v) is 10.7. The lowest BCUT2D eigenvalue weighted by molar-refractivity contribution is 0.0810. The summed E-state index contributed by atoms with van der Waals surface area (Å²) in [5, 5.41) is 0. The first-order chi connectivity index (χ1) is 18.8. The third kappa shape index (κ3) is 5.17. The second-order valence-electron chi connectivity index (χ2n) is 9.13. The zero-order valence-corrected chi connectivity index (χ0v) is 21.8. The number of rotatable bonds is 7. The lowest BCUT2D eigenvalue weighted by atomic mass is 9.77. The molecule has 0 bridgehead atoms. The Hall–Kier alpha value is -4.75. The fourth-order valence-corrected chi connectivity index (χ4v) is 5.47. The zero-order valence-electron chi connectivity index (χ0n) is 20.9. The number of benzene rings is 4. The molecule has 5 rings (SSSR count). The number of ketones is 3. The molecule has 4 aromatic carbocycles. The van der Waals surface area contributed by atoms with Gasteiger partial charge in [-0.2, -0.15) is 12.8 Å². The third-order valence-corrected chi connectivity index (χ3v) is 7.80. The highest BCUT2D eigenvalue weighted by Crippen LogP contribution is 2.31.